The van der Waals surface area contributed by atoms with Crippen LogP contribution in [0.5, 0.6) is 0 Å². The van der Waals surface area contributed by atoms with Crippen molar-refractivity contribution in [3.63, 3.8) is 0 Å². The number of piperidine rings is 1. The highest BCUT2D eigenvalue weighted by atomic mass is 16.5. The second-order valence-corrected chi connectivity index (χ2v) is 8.49. The van der Waals surface area contributed by atoms with Gasteiger partial charge in [0.05, 0.1) is 0 Å². The number of benzene rings is 1. The molecule has 166 valence electrons. The number of pyridine rings is 1. The zero-order valence-electron chi connectivity index (χ0n) is 18.4. The fraction of sp³-hybridized carbons (Fsp3) is 0.417. The molecular weight excluding hydrogens is 404 g/mol. The predicted molar refractivity (Wildman–Crippen MR) is 123 cm³/mol. The van der Waals surface area contributed by atoms with Crippen LogP contribution in [0.15, 0.2) is 47.1 Å². The van der Waals surface area contributed by atoms with Gasteiger partial charge < -0.3 is 19.2 Å². The summed E-state index contributed by atoms with van der Waals surface area (Å²) in [6.07, 6.45) is 5.40. The summed E-state index contributed by atoms with van der Waals surface area (Å²) in [6.45, 7) is 6.91. The van der Waals surface area contributed by atoms with Crippen molar-refractivity contribution in [3.05, 3.63) is 54.0 Å². The molecule has 0 spiro atoms. The lowest BCUT2D eigenvalue weighted by Crippen LogP contribution is -2.48. The Kier molecular flexibility index (Phi) is 5.75. The summed E-state index contributed by atoms with van der Waals surface area (Å²) in [4.78, 5) is 28.2. The number of rotatable bonds is 4. The van der Waals surface area contributed by atoms with Gasteiger partial charge in [-0.1, -0.05) is 22.9 Å². The number of nitrogens with zero attached hydrogens (tertiary/aromatic N) is 6. The van der Waals surface area contributed by atoms with E-state index in [9.17, 15) is 4.79 Å². The van der Waals surface area contributed by atoms with Crippen molar-refractivity contribution in [3.8, 4) is 11.4 Å². The molecule has 8 nitrogen and oxygen atoms in total. The summed E-state index contributed by atoms with van der Waals surface area (Å²) in [5.41, 5.74) is 3.24. The van der Waals surface area contributed by atoms with E-state index in [1.165, 1.54) is 30.5 Å². The van der Waals surface area contributed by atoms with E-state index in [0.29, 0.717) is 18.9 Å². The van der Waals surface area contributed by atoms with Gasteiger partial charge in [0.15, 0.2) is 0 Å². The molecule has 2 aromatic heterocycles. The zero-order valence-corrected chi connectivity index (χ0v) is 18.4. The zero-order chi connectivity index (χ0) is 21.9. The van der Waals surface area contributed by atoms with Crippen LogP contribution >= 0.6 is 0 Å². The number of hydrogen-bond donors (Lipinski definition) is 0. The van der Waals surface area contributed by atoms with E-state index in [1.807, 2.05) is 12.1 Å². The van der Waals surface area contributed by atoms with E-state index in [4.69, 9.17) is 4.52 Å². The number of carbonyl (C=O) groups is 1. The summed E-state index contributed by atoms with van der Waals surface area (Å²) in [5, 5.41) is 4.07. The van der Waals surface area contributed by atoms with Gasteiger partial charge in [0.25, 0.3) is 0 Å². The maximum atomic E-state index is 12.9. The van der Waals surface area contributed by atoms with Crippen LogP contribution in [0.2, 0.25) is 0 Å². The van der Waals surface area contributed by atoms with Gasteiger partial charge in [-0.15, -0.1) is 0 Å². The Morgan fingerprint density at radius 3 is 2.41 bits per heavy atom. The second-order valence-electron chi connectivity index (χ2n) is 8.49. The fourth-order valence-electron chi connectivity index (χ4n) is 4.34. The SMILES string of the molecule is Cc1ccc(N2CCN(C(=O)c3nc(-c4ccnc(N5CCCCC5)c4)no3)CC2)cc1. The molecule has 32 heavy (non-hydrogen) atoms. The maximum absolute atomic E-state index is 12.9. The van der Waals surface area contributed by atoms with Crippen LogP contribution in [0.4, 0.5) is 11.5 Å². The van der Waals surface area contributed by atoms with Crippen molar-refractivity contribution in [1.82, 2.24) is 20.0 Å². The van der Waals surface area contributed by atoms with E-state index < -0.39 is 0 Å². The van der Waals surface area contributed by atoms with Gasteiger partial charge in [0.1, 0.15) is 5.82 Å². The second kappa shape index (κ2) is 8.98. The van der Waals surface area contributed by atoms with E-state index in [0.717, 1.165) is 37.6 Å². The first kappa shape index (κ1) is 20.5. The Hall–Kier alpha value is -3.42. The molecule has 8 heteroatoms. The van der Waals surface area contributed by atoms with Crippen LogP contribution in [0.1, 0.15) is 35.5 Å². The molecule has 4 heterocycles. The third-order valence-electron chi connectivity index (χ3n) is 6.26. The van der Waals surface area contributed by atoms with Crippen molar-refractivity contribution < 1.29 is 9.32 Å². The van der Waals surface area contributed by atoms with E-state index in [1.54, 1.807) is 11.1 Å². The van der Waals surface area contributed by atoms with Gasteiger partial charge in [-0.05, 0) is 50.5 Å². The molecule has 2 fully saturated rings. The van der Waals surface area contributed by atoms with Gasteiger partial charge in [-0.2, -0.15) is 4.98 Å². The van der Waals surface area contributed by atoms with Gasteiger partial charge in [0, 0.05) is 56.7 Å². The van der Waals surface area contributed by atoms with Crippen LogP contribution in [0.3, 0.4) is 0 Å². The molecule has 2 aliphatic heterocycles. The highest BCUT2D eigenvalue weighted by Crippen LogP contribution is 2.24. The molecule has 1 aromatic carbocycles. The molecule has 2 saturated heterocycles. The molecule has 0 bridgehead atoms. The third-order valence-corrected chi connectivity index (χ3v) is 6.26. The summed E-state index contributed by atoms with van der Waals surface area (Å²) in [7, 11) is 0. The summed E-state index contributed by atoms with van der Waals surface area (Å²) in [6, 6.07) is 12.3. The Bertz CT molecular complexity index is 1070. The standard InChI is InChI=1S/C24H28N6O2/c1-18-5-7-20(8-6-18)28-13-15-30(16-14-28)24(31)23-26-22(27-32-23)19-9-10-25-21(17-19)29-11-3-2-4-12-29/h5-10,17H,2-4,11-16H2,1H3. The first-order chi connectivity index (χ1) is 15.7. The minimum absolute atomic E-state index is 0.0418. The molecule has 1 amide bonds. The molecule has 0 atom stereocenters. The molecule has 3 aromatic rings. The molecule has 5 rings (SSSR count). The van der Waals surface area contributed by atoms with Crippen molar-refractivity contribution in [2.75, 3.05) is 49.1 Å². The first-order valence-electron chi connectivity index (χ1n) is 11.3. The molecule has 0 radical (unpaired) electrons. The largest absolute Gasteiger partial charge is 0.368 e. The average molecular weight is 433 g/mol. The van der Waals surface area contributed by atoms with E-state index >= 15 is 0 Å². The van der Waals surface area contributed by atoms with Crippen molar-refractivity contribution in [1.29, 1.82) is 0 Å². The lowest BCUT2D eigenvalue weighted by atomic mass is 10.1. The lowest BCUT2D eigenvalue weighted by molar-refractivity contribution is 0.0696. The number of aryl methyl sites for hydroxylation is 1. The van der Waals surface area contributed by atoms with Gasteiger partial charge in [-0.25, -0.2) is 4.98 Å². The number of amides is 1. The average Bonchev–Trinajstić information content (AvgIpc) is 3.35. The molecule has 0 aliphatic carbocycles. The Balaban J connectivity index is 1.24. The van der Waals surface area contributed by atoms with Crippen molar-refractivity contribution in [2.24, 2.45) is 0 Å². The minimum atomic E-state index is -0.211. The van der Waals surface area contributed by atoms with E-state index in [-0.39, 0.29) is 11.8 Å². The molecule has 0 saturated carbocycles. The number of aromatic nitrogens is 3. The minimum Gasteiger partial charge on any atom is -0.368 e. The lowest BCUT2D eigenvalue weighted by Gasteiger charge is -2.35. The van der Waals surface area contributed by atoms with Crippen LogP contribution in [-0.4, -0.2) is 65.2 Å². The maximum Gasteiger partial charge on any atom is 0.316 e. The number of piperazine rings is 1. The molecule has 0 unspecified atom stereocenters. The first-order valence-corrected chi connectivity index (χ1v) is 11.3. The van der Waals surface area contributed by atoms with Crippen molar-refractivity contribution >= 4 is 17.4 Å². The topological polar surface area (TPSA) is 78.6 Å². The van der Waals surface area contributed by atoms with Crippen LogP contribution in [0.25, 0.3) is 11.4 Å². The van der Waals surface area contributed by atoms with E-state index in [2.05, 4.69) is 56.1 Å². The van der Waals surface area contributed by atoms with Crippen LogP contribution in [-0.2, 0) is 0 Å². The number of carbonyl (C=O) groups excluding carboxylic acids is 1. The Morgan fingerprint density at radius 2 is 1.66 bits per heavy atom. The smallest absolute Gasteiger partial charge is 0.316 e. The highest BCUT2D eigenvalue weighted by molar-refractivity contribution is 5.90. The van der Waals surface area contributed by atoms with Gasteiger partial charge in [-0.3, -0.25) is 4.79 Å². The predicted octanol–water partition coefficient (Wildman–Crippen LogP) is 3.39. The monoisotopic (exact) mass is 432 g/mol. The Labute approximate surface area is 187 Å². The Morgan fingerprint density at radius 1 is 0.906 bits per heavy atom. The van der Waals surface area contributed by atoms with Crippen molar-refractivity contribution in [2.45, 2.75) is 26.2 Å². The van der Waals surface area contributed by atoms with Crippen LogP contribution in [0, 0.1) is 6.92 Å². The number of anilines is 2. The highest BCUT2D eigenvalue weighted by Gasteiger charge is 2.27. The summed E-state index contributed by atoms with van der Waals surface area (Å²) < 4.78 is 5.34. The molecular formula is C24H28N6O2. The van der Waals surface area contributed by atoms with Crippen LogP contribution < -0.4 is 9.80 Å². The van der Waals surface area contributed by atoms with Gasteiger partial charge >= 0.3 is 11.8 Å². The van der Waals surface area contributed by atoms with Gasteiger partial charge in [0.2, 0.25) is 5.82 Å². The molecule has 0 N–H and O–H groups in total. The number of hydrogen-bond acceptors (Lipinski definition) is 7. The normalized spacial score (nSPS) is 17.0. The summed E-state index contributed by atoms with van der Waals surface area (Å²) in [5.74, 6) is 1.18. The quantitative estimate of drug-likeness (QED) is 0.625. The third kappa shape index (κ3) is 4.30. The fourth-order valence-corrected chi connectivity index (χ4v) is 4.34. The summed E-state index contributed by atoms with van der Waals surface area (Å²) >= 11 is 0. The molecule has 2 aliphatic rings.